The number of rotatable bonds is 4. The first-order chi connectivity index (χ1) is 14.6. The quantitative estimate of drug-likeness (QED) is 0.478. The molecule has 0 saturated carbocycles. The first-order valence-corrected chi connectivity index (χ1v) is 9.18. The van der Waals surface area contributed by atoms with Crippen LogP contribution in [-0.2, 0) is 4.74 Å². The number of amides is 1. The Labute approximate surface area is 169 Å². The highest BCUT2D eigenvalue weighted by Gasteiger charge is 2.29. The monoisotopic (exact) mass is 401 g/mol. The molecule has 0 unspecified atom stereocenters. The first kappa shape index (κ1) is 17.8. The molecule has 1 amide bonds. The van der Waals surface area contributed by atoms with E-state index in [1.807, 2.05) is 36.4 Å². The Kier molecular flexibility index (Phi) is 4.13. The number of hydrogen-bond acceptors (Lipinski definition) is 6. The van der Waals surface area contributed by atoms with Crippen LogP contribution in [0.25, 0.3) is 22.2 Å². The van der Waals surface area contributed by atoms with Crippen LogP contribution >= 0.6 is 0 Å². The van der Waals surface area contributed by atoms with E-state index < -0.39 is 12.1 Å². The topological polar surface area (TPSA) is 130 Å². The normalized spacial score (nSPS) is 12.4. The number of hydrogen-bond donors (Lipinski definition) is 3. The Morgan fingerprint density at radius 1 is 1.03 bits per heavy atom. The van der Waals surface area contributed by atoms with Gasteiger partial charge in [0.05, 0.1) is 5.39 Å². The van der Waals surface area contributed by atoms with Crippen LogP contribution in [0.2, 0.25) is 0 Å². The minimum Gasteiger partial charge on any atom is -0.477 e. The number of fused-ring (bicyclic) bond motifs is 4. The molecule has 9 nitrogen and oxygen atoms in total. The van der Waals surface area contributed by atoms with Crippen LogP contribution in [0.5, 0.6) is 0 Å². The third kappa shape index (κ3) is 2.84. The lowest BCUT2D eigenvalue weighted by molar-refractivity contribution is 0.0692. The van der Waals surface area contributed by atoms with Crippen molar-refractivity contribution >= 4 is 28.9 Å². The predicted octanol–water partition coefficient (Wildman–Crippen LogP) is 3.41. The number of aromatic carboxylic acids is 1. The molecular formula is C21H15N5O4. The molecule has 4 aromatic rings. The maximum absolute atomic E-state index is 12.5. The number of nitrogens with one attached hydrogen (secondary N) is 2. The lowest BCUT2D eigenvalue weighted by Gasteiger charge is -2.14. The average Bonchev–Trinajstić information content (AvgIpc) is 3.33. The highest BCUT2D eigenvalue weighted by molar-refractivity contribution is 6.06. The fraction of sp³-hybridized carbons (Fsp3) is 0.0952. The number of benzene rings is 2. The Balaban J connectivity index is 1.37. The summed E-state index contributed by atoms with van der Waals surface area (Å²) in [6.45, 7) is 0.130. The fourth-order valence-electron chi connectivity index (χ4n) is 3.84. The second kappa shape index (κ2) is 6.96. The Morgan fingerprint density at radius 2 is 1.70 bits per heavy atom. The molecule has 2 heterocycles. The summed E-state index contributed by atoms with van der Waals surface area (Å²) < 4.78 is 5.48. The summed E-state index contributed by atoms with van der Waals surface area (Å²) in [4.78, 5) is 31.7. The number of aromatic nitrogens is 4. The molecule has 1 aliphatic carbocycles. The summed E-state index contributed by atoms with van der Waals surface area (Å²) in [6, 6.07) is 16.0. The average molecular weight is 401 g/mol. The summed E-state index contributed by atoms with van der Waals surface area (Å²) in [7, 11) is 0. The van der Waals surface area contributed by atoms with Gasteiger partial charge in [-0.05, 0) is 22.3 Å². The van der Waals surface area contributed by atoms with Crippen molar-refractivity contribution in [3.63, 3.8) is 0 Å². The van der Waals surface area contributed by atoms with E-state index in [0.717, 1.165) is 22.3 Å². The molecular weight excluding hydrogens is 386 g/mol. The molecule has 0 bridgehead atoms. The van der Waals surface area contributed by atoms with E-state index in [0.29, 0.717) is 0 Å². The number of anilines is 1. The van der Waals surface area contributed by atoms with Crippen LogP contribution in [-0.4, -0.2) is 43.9 Å². The van der Waals surface area contributed by atoms with Crippen LogP contribution in [0, 0.1) is 0 Å². The molecule has 148 valence electrons. The van der Waals surface area contributed by atoms with Gasteiger partial charge in [-0.15, -0.1) is 0 Å². The van der Waals surface area contributed by atoms with E-state index in [1.54, 1.807) is 0 Å². The smallest absolute Gasteiger partial charge is 0.412 e. The molecule has 5 rings (SSSR count). The van der Waals surface area contributed by atoms with Crippen LogP contribution in [0.3, 0.4) is 0 Å². The van der Waals surface area contributed by atoms with Gasteiger partial charge >= 0.3 is 12.1 Å². The van der Waals surface area contributed by atoms with Crippen LogP contribution in [0.1, 0.15) is 27.5 Å². The molecule has 0 spiro atoms. The number of aromatic amines is 1. The zero-order chi connectivity index (χ0) is 20.7. The van der Waals surface area contributed by atoms with Gasteiger partial charge < -0.3 is 9.84 Å². The van der Waals surface area contributed by atoms with E-state index in [1.165, 1.54) is 6.33 Å². The van der Waals surface area contributed by atoms with Gasteiger partial charge in [0, 0.05) is 5.92 Å². The molecule has 0 saturated heterocycles. The third-order valence-corrected chi connectivity index (χ3v) is 5.13. The van der Waals surface area contributed by atoms with Crippen molar-refractivity contribution in [2.24, 2.45) is 0 Å². The van der Waals surface area contributed by atoms with Gasteiger partial charge in [-0.3, -0.25) is 10.4 Å². The number of H-pyrrole nitrogens is 1. The minimum absolute atomic E-state index is 0.0170. The van der Waals surface area contributed by atoms with Crippen molar-refractivity contribution in [2.75, 3.05) is 11.9 Å². The van der Waals surface area contributed by atoms with Gasteiger partial charge in [-0.2, -0.15) is 5.10 Å². The summed E-state index contributed by atoms with van der Waals surface area (Å²) in [5.74, 6) is -1.30. The number of carboxylic acids is 1. The molecule has 30 heavy (non-hydrogen) atoms. The largest absolute Gasteiger partial charge is 0.477 e. The molecule has 0 fully saturated rings. The van der Waals surface area contributed by atoms with Gasteiger partial charge in [0.15, 0.2) is 17.2 Å². The predicted molar refractivity (Wildman–Crippen MR) is 107 cm³/mol. The van der Waals surface area contributed by atoms with E-state index in [4.69, 9.17) is 4.74 Å². The van der Waals surface area contributed by atoms with Gasteiger partial charge in [0.25, 0.3) is 0 Å². The van der Waals surface area contributed by atoms with E-state index in [2.05, 4.69) is 37.6 Å². The fourth-order valence-corrected chi connectivity index (χ4v) is 3.84. The molecule has 0 aliphatic heterocycles. The molecule has 0 atom stereocenters. The van der Waals surface area contributed by atoms with Crippen molar-refractivity contribution in [1.29, 1.82) is 0 Å². The Bertz CT molecular complexity index is 1250. The highest BCUT2D eigenvalue weighted by atomic mass is 16.5. The van der Waals surface area contributed by atoms with Gasteiger partial charge in [0.1, 0.15) is 12.9 Å². The maximum Gasteiger partial charge on any atom is 0.412 e. The zero-order valence-electron chi connectivity index (χ0n) is 15.5. The lowest BCUT2D eigenvalue weighted by atomic mass is 9.98. The summed E-state index contributed by atoms with van der Waals surface area (Å²) in [5, 5.41) is 18.1. The van der Waals surface area contributed by atoms with Gasteiger partial charge in [-0.1, -0.05) is 48.5 Å². The molecule has 2 aromatic heterocycles. The molecule has 0 radical (unpaired) electrons. The number of carboxylic acid groups (broad SMARTS) is 1. The van der Waals surface area contributed by atoms with Crippen molar-refractivity contribution < 1.29 is 19.4 Å². The Hall–Kier alpha value is -4.27. The number of carbonyl (C=O) groups excluding carboxylic acids is 1. The lowest BCUT2D eigenvalue weighted by Crippen LogP contribution is -2.19. The zero-order valence-corrected chi connectivity index (χ0v) is 15.5. The Morgan fingerprint density at radius 3 is 2.37 bits per heavy atom. The molecule has 1 aliphatic rings. The van der Waals surface area contributed by atoms with Crippen molar-refractivity contribution in [2.45, 2.75) is 5.92 Å². The van der Waals surface area contributed by atoms with Crippen molar-refractivity contribution in [3.8, 4) is 11.1 Å². The standard InChI is InChI=1S/C21H15N5O4/c27-20(28)17-16-18(22-10-23-19(16)26-25-17)24-21(29)30-9-15-13-7-3-1-5-11(13)12-6-2-4-8-14(12)15/h1-8,10,15H,9H2,(H,27,28)(H2,22,23,24,25,26,29). The van der Waals surface area contributed by atoms with Crippen molar-refractivity contribution in [3.05, 3.63) is 71.7 Å². The van der Waals surface area contributed by atoms with Crippen LogP contribution in [0.15, 0.2) is 54.9 Å². The van der Waals surface area contributed by atoms with Gasteiger partial charge in [-0.25, -0.2) is 19.6 Å². The third-order valence-electron chi connectivity index (χ3n) is 5.13. The van der Waals surface area contributed by atoms with E-state index in [9.17, 15) is 14.7 Å². The molecule has 2 aromatic carbocycles. The summed E-state index contributed by atoms with van der Waals surface area (Å²) in [6.07, 6.45) is 0.447. The maximum atomic E-state index is 12.5. The SMILES string of the molecule is O=C(Nc1ncnc2n[nH]c(C(=O)O)c12)OCC1c2ccccc2-c2ccccc21. The number of nitrogens with zero attached hydrogens (tertiary/aromatic N) is 3. The van der Waals surface area contributed by atoms with Gasteiger partial charge in [0.2, 0.25) is 0 Å². The second-order valence-electron chi connectivity index (χ2n) is 6.78. The second-order valence-corrected chi connectivity index (χ2v) is 6.78. The molecule has 3 N–H and O–H groups in total. The number of carbonyl (C=O) groups is 2. The van der Waals surface area contributed by atoms with Crippen LogP contribution < -0.4 is 5.32 Å². The van der Waals surface area contributed by atoms with Crippen LogP contribution in [0.4, 0.5) is 10.6 Å². The highest BCUT2D eigenvalue weighted by Crippen LogP contribution is 2.44. The first-order valence-electron chi connectivity index (χ1n) is 9.18. The minimum atomic E-state index is -1.23. The van der Waals surface area contributed by atoms with Crippen molar-refractivity contribution in [1.82, 2.24) is 20.2 Å². The summed E-state index contributed by atoms with van der Waals surface area (Å²) >= 11 is 0. The summed E-state index contributed by atoms with van der Waals surface area (Å²) in [5.41, 5.74) is 4.38. The van der Waals surface area contributed by atoms with E-state index in [-0.39, 0.29) is 35.1 Å². The number of ether oxygens (including phenoxy) is 1. The van der Waals surface area contributed by atoms with E-state index >= 15 is 0 Å². The molecule has 9 heteroatoms.